The van der Waals surface area contributed by atoms with Crippen LogP contribution in [-0.4, -0.2) is 61.3 Å². The van der Waals surface area contributed by atoms with Gasteiger partial charge in [-0.1, -0.05) is 20.8 Å². The number of fused-ring (bicyclic) bond motifs is 1. The number of ether oxygens (including phenoxy) is 2. The number of aromatic nitrogens is 2. The highest BCUT2D eigenvalue weighted by molar-refractivity contribution is 7.84. The van der Waals surface area contributed by atoms with Gasteiger partial charge in [-0.25, -0.2) is 4.98 Å². The lowest BCUT2D eigenvalue weighted by atomic mass is 10.2. The highest BCUT2D eigenvalue weighted by Gasteiger charge is 2.40. The molecule has 0 aliphatic carbocycles. The number of hydrogen-bond acceptors (Lipinski definition) is 7. The van der Waals surface area contributed by atoms with Crippen LogP contribution in [0.15, 0.2) is 5.16 Å². The first kappa shape index (κ1) is 21.7. The molecule has 1 aromatic heterocycles. The summed E-state index contributed by atoms with van der Waals surface area (Å²) in [6, 6.07) is 0. The summed E-state index contributed by atoms with van der Waals surface area (Å²) < 4.78 is 30.0. The minimum absolute atomic E-state index is 0.0352. The molecule has 1 unspecified atom stereocenters. The van der Waals surface area contributed by atoms with Gasteiger partial charge >= 0.3 is 0 Å². The van der Waals surface area contributed by atoms with E-state index in [1.807, 2.05) is 0 Å². The molecule has 2 aliphatic heterocycles. The van der Waals surface area contributed by atoms with Crippen molar-refractivity contribution in [2.75, 3.05) is 31.4 Å². The van der Waals surface area contributed by atoms with Crippen molar-refractivity contribution in [1.82, 2.24) is 9.97 Å². The van der Waals surface area contributed by atoms with E-state index in [1.165, 1.54) is 0 Å². The zero-order valence-corrected chi connectivity index (χ0v) is 19.9. The Labute approximate surface area is 171 Å². The van der Waals surface area contributed by atoms with E-state index in [4.69, 9.17) is 13.9 Å². The van der Waals surface area contributed by atoms with E-state index in [1.54, 1.807) is 13.4 Å². The van der Waals surface area contributed by atoms with E-state index in [-0.39, 0.29) is 17.4 Å². The van der Waals surface area contributed by atoms with Gasteiger partial charge in [-0.15, -0.1) is 0 Å². The van der Waals surface area contributed by atoms with Gasteiger partial charge in [0.2, 0.25) is 11.0 Å². The fourth-order valence-corrected chi connectivity index (χ4v) is 4.82. The number of anilines is 1. The number of hydrogen-bond donors (Lipinski definition) is 0. The summed E-state index contributed by atoms with van der Waals surface area (Å²) in [6.45, 7) is 12.7. The van der Waals surface area contributed by atoms with Crippen molar-refractivity contribution in [3.63, 3.8) is 0 Å². The Kier molecular flexibility index (Phi) is 6.20. The minimum Gasteiger partial charge on any atom is -0.481 e. The van der Waals surface area contributed by atoms with Crippen LogP contribution in [0.1, 0.15) is 39.2 Å². The second-order valence-electron chi connectivity index (χ2n) is 9.08. The Balaban J connectivity index is 1.69. The number of nitrogens with zero attached hydrogens (tertiary/aromatic N) is 3. The molecule has 2 aliphatic rings. The van der Waals surface area contributed by atoms with Gasteiger partial charge in [-0.2, -0.15) is 4.98 Å². The van der Waals surface area contributed by atoms with Crippen LogP contribution in [0.2, 0.25) is 18.1 Å². The molecule has 9 heteroatoms. The standard InChI is InChI=1S/C19H33N3O4SSi/c1-19(2,3)28(6,7)25-12-13-8-9-15(26-13)22-11-10-14-16(22)20-18(27(5)23)21-17(14)24-4/h13,15H,8-12H2,1-7H3/t13-,15-,27?/m1/s1. The van der Waals surface area contributed by atoms with Gasteiger partial charge in [0.1, 0.15) is 12.0 Å². The molecule has 7 nitrogen and oxygen atoms in total. The SMILES string of the molecule is COc1nc(S(C)=O)nc2c1CCN2[C@H]1CC[C@H](CO[Si](C)(C)C(C)(C)C)O1. The molecular weight excluding hydrogens is 394 g/mol. The Bertz CT molecular complexity index is 753. The van der Waals surface area contributed by atoms with E-state index in [0.29, 0.717) is 17.6 Å². The maximum absolute atomic E-state index is 11.9. The van der Waals surface area contributed by atoms with Crippen molar-refractivity contribution >= 4 is 24.9 Å². The maximum Gasteiger partial charge on any atom is 0.223 e. The van der Waals surface area contributed by atoms with E-state index in [0.717, 1.165) is 37.2 Å². The first-order valence-corrected chi connectivity index (χ1v) is 14.3. The largest absolute Gasteiger partial charge is 0.481 e. The van der Waals surface area contributed by atoms with Gasteiger partial charge in [-0.05, 0) is 37.4 Å². The van der Waals surface area contributed by atoms with Crippen LogP contribution in [0.4, 0.5) is 5.82 Å². The lowest BCUT2D eigenvalue weighted by Crippen LogP contribution is -2.43. The van der Waals surface area contributed by atoms with Gasteiger partial charge in [0.15, 0.2) is 8.32 Å². The molecule has 0 N–H and O–H groups in total. The summed E-state index contributed by atoms with van der Waals surface area (Å²) in [5, 5.41) is 0.497. The molecule has 0 bridgehead atoms. The van der Waals surface area contributed by atoms with E-state index >= 15 is 0 Å². The maximum atomic E-state index is 11.9. The fraction of sp³-hybridized carbons (Fsp3) is 0.789. The van der Waals surface area contributed by atoms with Gasteiger partial charge < -0.3 is 18.8 Å². The average molecular weight is 428 g/mol. The molecule has 1 saturated heterocycles. The molecule has 28 heavy (non-hydrogen) atoms. The number of rotatable bonds is 6. The molecule has 3 heterocycles. The summed E-state index contributed by atoms with van der Waals surface area (Å²) in [5.74, 6) is 1.32. The molecule has 0 spiro atoms. The van der Waals surface area contributed by atoms with Crippen LogP contribution in [0, 0.1) is 0 Å². The normalized spacial score (nSPS) is 23.8. The summed E-state index contributed by atoms with van der Waals surface area (Å²) in [4.78, 5) is 11.0. The molecule has 0 amide bonds. The molecule has 3 rings (SSSR count). The minimum atomic E-state index is -1.78. The molecule has 0 radical (unpaired) electrons. The quantitative estimate of drug-likeness (QED) is 0.510. The van der Waals surface area contributed by atoms with Crippen LogP contribution in [-0.2, 0) is 26.4 Å². The van der Waals surface area contributed by atoms with Crippen molar-refractivity contribution in [2.45, 2.75) is 75.7 Å². The molecule has 3 atom stereocenters. The second-order valence-corrected chi connectivity index (χ2v) is 15.2. The highest BCUT2D eigenvalue weighted by atomic mass is 32.2. The first-order chi connectivity index (χ1) is 13.0. The van der Waals surface area contributed by atoms with Crippen LogP contribution in [0.5, 0.6) is 5.88 Å². The lowest BCUT2D eigenvalue weighted by Gasteiger charge is -2.37. The molecule has 0 saturated carbocycles. The smallest absolute Gasteiger partial charge is 0.223 e. The van der Waals surface area contributed by atoms with Crippen LogP contribution in [0.25, 0.3) is 0 Å². The van der Waals surface area contributed by atoms with Crippen LogP contribution < -0.4 is 9.64 Å². The fourth-order valence-electron chi connectivity index (χ4n) is 3.36. The average Bonchev–Trinajstić information content (AvgIpc) is 3.24. The Morgan fingerprint density at radius 1 is 1.29 bits per heavy atom. The van der Waals surface area contributed by atoms with Crippen molar-refractivity contribution < 1.29 is 18.1 Å². The molecule has 0 aromatic carbocycles. The molecule has 1 fully saturated rings. The van der Waals surface area contributed by atoms with Gasteiger partial charge in [0.25, 0.3) is 0 Å². The zero-order valence-electron chi connectivity index (χ0n) is 18.1. The third-order valence-electron chi connectivity index (χ3n) is 6.12. The van der Waals surface area contributed by atoms with Crippen molar-refractivity contribution in [3.05, 3.63) is 5.56 Å². The Morgan fingerprint density at radius 3 is 2.61 bits per heavy atom. The van der Waals surface area contributed by atoms with Gasteiger partial charge in [-0.3, -0.25) is 4.21 Å². The summed E-state index contributed by atoms with van der Waals surface area (Å²) >= 11 is 0. The summed E-state index contributed by atoms with van der Waals surface area (Å²) in [7, 11) is -1.45. The third kappa shape index (κ3) is 4.27. The van der Waals surface area contributed by atoms with Crippen molar-refractivity contribution in [3.8, 4) is 5.88 Å². The number of methoxy groups -OCH3 is 1. The van der Waals surface area contributed by atoms with E-state index in [2.05, 4.69) is 48.7 Å². The topological polar surface area (TPSA) is 73.8 Å². The molecule has 1 aromatic rings. The van der Waals surface area contributed by atoms with Crippen molar-refractivity contribution in [2.24, 2.45) is 0 Å². The Hall–Kier alpha value is -1.03. The van der Waals surface area contributed by atoms with Gasteiger partial charge in [0.05, 0.1) is 36.2 Å². The molecular formula is C19H33N3O4SSi. The zero-order chi connectivity index (χ0) is 20.7. The first-order valence-electron chi connectivity index (χ1n) is 9.88. The van der Waals surface area contributed by atoms with Crippen molar-refractivity contribution in [1.29, 1.82) is 0 Å². The van der Waals surface area contributed by atoms with Crippen LogP contribution >= 0.6 is 0 Å². The summed E-state index contributed by atoms with van der Waals surface area (Å²) in [5.41, 5.74) is 0.973. The van der Waals surface area contributed by atoms with E-state index < -0.39 is 19.1 Å². The lowest BCUT2D eigenvalue weighted by molar-refractivity contribution is 0.0141. The van der Waals surface area contributed by atoms with Gasteiger partial charge in [0, 0.05) is 12.8 Å². The third-order valence-corrected chi connectivity index (χ3v) is 11.3. The predicted molar refractivity (Wildman–Crippen MR) is 113 cm³/mol. The van der Waals surface area contributed by atoms with E-state index in [9.17, 15) is 4.21 Å². The highest BCUT2D eigenvalue weighted by Crippen LogP contribution is 2.39. The Morgan fingerprint density at radius 2 is 2.00 bits per heavy atom. The molecule has 158 valence electrons. The predicted octanol–water partition coefficient (Wildman–Crippen LogP) is 3.11. The van der Waals surface area contributed by atoms with Crippen LogP contribution in [0.3, 0.4) is 0 Å². The second kappa shape index (κ2) is 8.01. The monoisotopic (exact) mass is 427 g/mol. The summed E-state index contributed by atoms with van der Waals surface area (Å²) in [6.07, 6.45) is 4.36.